The number of hydrogen-bond donors (Lipinski definition) is 0. The minimum atomic E-state index is 0.364. The zero-order chi connectivity index (χ0) is 11.4. The third-order valence-corrected chi connectivity index (χ3v) is 2.05. The second-order valence-corrected chi connectivity index (χ2v) is 3.37. The molecule has 15 heavy (non-hydrogen) atoms. The highest BCUT2D eigenvalue weighted by Gasteiger charge is 1.87. The molecule has 2 aromatic rings. The molecule has 0 N–H and O–H groups in total. The molecule has 72 valence electrons. The smallest absolute Gasteiger partial charge is 0.0639 e. The van der Waals surface area contributed by atoms with E-state index >= 15 is 0 Å². The molecule has 0 unspecified atom stereocenters. The minimum Gasteiger partial charge on any atom is -0.263 e. The summed E-state index contributed by atoms with van der Waals surface area (Å²) in [6.45, 7) is 0. The van der Waals surface area contributed by atoms with E-state index in [0.29, 0.717) is 11.1 Å². The van der Waals surface area contributed by atoms with Gasteiger partial charge in [-0.05, 0) is 36.4 Å². The molecule has 1 heterocycles. The van der Waals surface area contributed by atoms with Gasteiger partial charge in [-0.1, -0.05) is 23.4 Å². The Kier molecular flexibility index (Phi) is 2.63. The van der Waals surface area contributed by atoms with Gasteiger partial charge in [0.05, 0.1) is 1.37 Å². The van der Waals surface area contributed by atoms with Gasteiger partial charge in [-0.15, -0.1) is 0 Å². The largest absolute Gasteiger partial charge is 0.263 e. The van der Waals surface area contributed by atoms with Gasteiger partial charge in [-0.2, -0.15) is 0 Å². The molecule has 1 aromatic heterocycles. The molecule has 0 aliphatic carbocycles. The second kappa shape index (κ2) is 4.63. The maximum atomic E-state index is 7.40. The fourth-order valence-corrected chi connectivity index (χ4v) is 1.20. The van der Waals surface area contributed by atoms with Crippen molar-refractivity contribution in [2.75, 3.05) is 0 Å². The highest BCUT2D eigenvalue weighted by molar-refractivity contribution is 6.30. The van der Waals surface area contributed by atoms with Crippen molar-refractivity contribution in [1.82, 2.24) is 4.98 Å². The highest BCUT2D eigenvalue weighted by atomic mass is 35.5. The van der Waals surface area contributed by atoms with Gasteiger partial charge in [-0.3, -0.25) is 4.98 Å². The van der Waals surface area contributed by atoms with Crippen molar-refractivity contribution in [2.24, 2.45) is 0 Å². The van der Waals surface area contributed by atoms with Crippen molar-refractivity contribution >= 4 is 11.6 Å². The zero-order valence-corrected chi connectivity index (χ0v) is 8.62. The lowest BCUT2D eigenvalue weighted by Crippen LogP contribution is -1.76. The molecule has 0 saturated carbocycles. The lowest BCUT2D eigenvalue weighted by atomic mass is 10.2. The SMILES string of the molecule is [2H]c1cncc(C#Cc2ccc(Cl)cc2)c1. The number of nitrogens with zero attached hydrogens (tertiary/aromatic N) is 1. The normalized spacial score (nSPS) is 10.1. The summed E-state index contributed by atoms with van der Waals surface area (Å²) in [6.07, 6.45) is 3.12. The van der Waals surface area contributed by atoms with Crippen LogP contribution in [-0.4, -0.2) is 4.98 Å². The average Bonchev–Trinajstić information content (AvgIpc) is 2.28. The molecule has 0 fully saturated rings. The third kappa shape index (κ3) is 2.83. The molecule has 0 aliphatic rings. The standard InChI is InChI=1S/C13H8ClN/c14-13-7-5-11(6-8-13)3-4-12-2-1-9-15-10-12/h1-2,5-10H/i1D. The first kappa shape index (κ1) is 8.52. The highest BCUT2D eigenvalue weighted by Crippen LogP contribution is 2.08. The molecule has 0 saturated heterocycles. The molecule has 0 bridgehead atoms. The molecular weight excluding hydrogens is 206 g/mol. The number of halogens is 1. The monoisotopic (exact) mass is 214 g/mol. The second-order valence-electron chi connectivity index (χ2n) is 2.93. The molecule has 0 radical (unpaired) electrons. The molecule has 0 aliphatic heterocycles. The summed E-state index contributed by atoms with van der Waals surface area (Å²) in [6, 6.07) is 9.34. The minimum absolute atomic E-state index is 0.364. The Balaban J connectivity index is 2.25. The molecule has 0 amide bonds. The van der Waals surface area contributed by atoms with Gasteiger partial charge < -0.3 is 0 Å². The number of aromatic nitrogens is 1. The third-order valence-electron chi connectivity index (χ3n) is 1.80. The van der Waals surface area contributed by atoms with Crippen LogP contribution in [0.5, 0.6) is 0 Å². The van der Waals surface area contributed by atoms with Crippen molar-refractivity contribution in [2.45, 2.75) is 0 Å². The van der Waals surface area contributed by atoms with E-state index < -0.39 is 0 Å². The van der Waals surface area contributed by atoms with Gasteiger partial charge in [0, 0.05) is 28.5 Å². The van der Waals surface area contributed by atoms with Crippen LogP contribution >= 0.6 is 11.6 Å². The van der Waals surface area contributed by atoms with Crippen LogP contribution in [0.3, 0.4) is 0 Å². The summed E-state index contributed by atoms with van der Waals surface area (Å²) in [4.78, 5) is 3.90. The molecule has 1 nitrogen and oxygen atoms in total. The van der Waals surface area contributed by atoms with Crippen molar-refractivity contribution < 1.29 is 1.37 Å². The van der Waals surface area contributed by atoms with Crippen LogP contribution in [0.4, 0.5) is 0 Å². The Bertz CT molecular complexity index is 552. The van der Waals surface area contributed by atoms with Crippen LogP contribution in [0.25, 0.3) is 0 Å². The van der Waals surface area contributed by atoms with E-state index in [0.717, 1.165) is 11.1 Å². The number of hydrogen-bond acceptors (Lipinski definition) is 1. The number of pyridine rings is 1. The summed E-state index contributed by atoms with van der Waals surface area (Å²) in [5, 5.41) is 0.695. The van der Waals surface area contributed by atoms with Crippen molar-refractivity contribution in [3.63, 3.8) is 0 Å². The predicted octanol–water partition coefficient (Wildman–Crippen LogP) is 3.13. The van der Waals surface area contributed by atoms with E-state index in [4.69, 9.17) is 13.0 Å². The number of rotatable bonds is 0. The predicted molar refractivity (Wildman–Crippen MR) is 61.7 cm³/mol. The van der Waals surface area contributed by atoms with Crippen LogP contribution in [0, 0.1) is 11.8 Å². The first-order valence-electron chi connectivity index (χ1n) is 4.93. The Morgan fingerprint density at radius 2 is 1.80 bits per heavy atom. The quantitative estimate of drug-likeness (QED) is 0.614. The van der Waals surface area contributed by atoms with E-state index in [1.165, 1.54) is 6.20 Å². The fraction of sp³-hybridized carbons (Fsp3) is 0. The molecule has 1 aromatic carbocycles. The Morgan fingerprint density at radius 3 is 2.53 bits per heavy atom. The van der Waals surface area contributed by atoms with Crippen molar-refractivity contribution in [3.05, 3.63) is 64.9 Å². The van der Waals surface area contributed by atoms with E-state index in [9.17, 15) is 0 Å². The molecule has 2 heteroatoms. The Labute approximate surface area is 95.1 Å². The zero-order valence-electron chi connectivity index (χ0n) is 8.87. The first-order chi connectivity index (χ1) is 7.74. The van der Waals surface area contributed by atoms with E-state index in [-0.39, 0.29) is 0 Å². The summed E-state index contributed by atoms with van der Waals surface area (Å²) in [5.74, 6) is 5.93. The molecule has 0 spiro atoms. The molecule has 0 atom stereocenters. The van der Waals surface area contributed by atoms with Gasteiger partial charge in [0.1, 0.15) is 0 Å². The summed E-state index contributed by atoms with van der Waals surface area (Å²) < 4.78 is 7.40. The number of benzene rings is 1. The van der Waals surface area contributed by atoms with Crippen LogP contribution in [0.2, 0.25) is 5.02 Å². The fourth-order valence-electron chi connectivity index (χ4n) is 1.07. The lowest BCUT2D eigenvalue weighted by Gasteiger charge is -1.90. The van der Waals surface area contributed by atoms with Crippen LogP contribution in [-0.2, 0) is 0 Å². The van der Waals surface area contributed by atoms with Gasteiger partial charge in [0.2, 0.25) is 0 Å². The van der Waals surface area contributed by atoms with Gasteiger partial charge >= 0.3 is 0 Å². The average molecular weight is 215 g/mol. The summed E-state index contributed by atoms with van der Waals surface area (Å²) in [7, 11) is 0. The molecule has 2 rings (SSSR count). The summed E-state index contributed by atoms with van der Waals surface area (Å²) in [5.41, 5.74) is 1.63. The van der Waals surface area contributed by atoms with Gasteiger partial charge in [0.15, 0.2) is 0 Å². The lowest BCUT2D eigenvalue weighted by molar-refractivity contribution is 1.31. The topological polar surface area (TPSA) is 12.9 Å². The van der Waals surface area contributed by atoms with Crippen molar-refractivity contribution in [1.29, 1.82) is 0 Å². The Morgan fingerprint density at radius 1 is 1.07 bits per heavy atom. The molecular formula is C13H8ClN. The van der Waals surface area contributed by atoms with E-state index in [1.54, 1.807) is 24.4 Å². The first-order valence-corrected chi connectivity index (χ1v) is 4.81. The maximum absolute atomic E-state index is 7.40. The maximum Gasteiger partial charge on any atom is 0.0639 e. The van der Waals surface area contributed by atoms with Gasteiger partial charge in [-0.25, -0.2) is 0 Å². The van der Waals surface area contributed by atoms with E-state index in [2.05, 4.69) is 16.8 Å². The van der Waals surface area contributed by atoms with E-state index in [1.807, 2.05) is 12.1 Å². The van der Waals surface area contributed by atoms with Crippen LogP contribution in [0.15, 0.2) is 48.8 Å². The Hall–Kier alpha value is -1.78. The van der Waals surface area contributed by atoms with Gasteiger partial charge in [0.25, 0.3) is 0 Å². The van der Waals surface area contributed by atoms with Crippen LogP contribution < -0.4 is 0 Å². The summed E-state index contributed by atoms with van der Waals surface area (Å²) >= 11 is 5.77. The van der Waals surface area contributed by atoms with Crippen molar-refractivity contribution in [3.8, 4) is 11.8 Å². The van der Waals surface area contributed by atoms with Crippen LogP contribution in [0.1, 0.15) is 12.5 Å².